The van der Waals surface area contributed by atoms with E-state index in [0.29, 0.717) is 6.54 Å². The molecule has 3 heterocycles. The van der Waals surface area contributed by atoms with Crippen LogP contribution >= 0.6 is 0 Å². The number of hydrogen-bond acceptors (Lipinski definition) is 5. The van der Waals surface area contributed by atoms with Gasteiger partial charge in [0.15, 0.2) is 0 Å². The summed E-state index contributed by atoms with van der Waals surface area (Å²) in [6.45, 7) is 3.63. The number of piperidine rings is 1. The van der Waals surface area contributed by atoms with E-state index >= 15 is 0 Å². The molecule has 1 aliphatic carbocycles. The second-order valence-corrected chi connectivity index (χ2v) is 7.54. The highest BCUT2D eigenvalue weighted by Gasteiger charge is 2.26. The number of amides is 1. The highest BCUT2D eigenvalue weighted by atomic mass is 16.1. The molecular weight excluding hydrogens is 340 g/mol. The van der Waals surface area contributed by atoms with Crippen molar-refractivity contribution in [1.82, 2.24) is 25.1 Å². The fourth-order valence-electron chi connectivity index (χ4n) is 4.00. The lowest BCUT2D eigenvalue weighted by Crippen LogP contribution is -2.36. The van der Waals surface area contributed by atoms with E-state index in [9.17, 15) is 4.79 Å². The standard InChI is InChI=1S/C20H28N6O/c27-19(21-8-4-12-26-13-5-9-23-26)16-6-7-18-17(14-16)15-22-20(24-18)25-10-2-1-3-11-25/h5,9,13,15-16H,1-4,6-8,10-12,14H2,(H,21,27)/t16-/m0/s1. The monoisotopic (exact) mass is 368 g/mol. The Hall–Kier alpha value is -2.44. The third-order valence-corrected chi connectivity index (χ3v) is 5.57. The summed E-state index contributed by atoms with van der Waals surface area (Å²) < 4.78 is 1.89. The van der Waals surface area contributed by atoms with Gasteiger partial charge in [0.1, 0.15) is 0 Å². The number of fused-ring (bicyclic) bond motifs is 1. The van der Waals surface area contributed by atoms with Crippen LogP contribution in [-0.2, 0) is 24.2 Å². The Bertz CT molecular complexity index is 754. The summed E-state index contributed by atoms with van der Waals surface area (Å²) in [5.74, 6) is 1.06. The highest BCUT2D eigenvalue weighted by Crippen LogP contribution is 2.26. The predicted molar refractivity (Wildman–Crippen MR) is 103 cm³/mol. The molecule has 1 amide bonds. The molecule has 0 saturated carbocycles. The van der Waals surface area contributed by atoms with E-state index in [1.165, 1.54) is 19.3 Å². The van der Waals surface area contributed by atoms with E-state index in [4.69, 9.17) is 4.98 Å². The van der Waals surface area contributed by atoms with Crippen molar-refractivity contribution in [2.45, 2.75) is 51.5 Å². The Morgan fingerprint density at radius 2 is 2.15 bits per heavy atom. The summed E-state index contributed by atoms with van der Waals surface area (Å²) in [7, 11) is 0. The number of hydrogen-bond donors (Lipinski definition) is 1. The summed E-state index contributed by atoms with van der Waals surface area (Å²) in [5.41, 5.74) is 2.27. The first-order chi connectivity index (χ1) is 13.3. The van der Waals surface area contributed by atoms with Gasteiger partial charge >= 0.3 is 0 Å². The molecule has 2 aromatic heterocycles. The number of aryl methyl sites for hydroxylation is 2. The van der Waals surface area contributed by atoms with Gasteiger partial charge in [-0.2, -0.15) is 5.10 Å². The second kappa shape index (κ2) is 8.50. The molecule has 1 aliphatic heterocycles. The summed E-state index contributed by atoms with van der Waals surface area (Å²) in [6, 6.07) is 1.91. The molecule has 27 heavy (non-hydrogen) atoms. The quantitative estimate of drug-likeness (QED) is 0.789. The van der Waals surface area contributed by atoms with Crippen molar-refractivity contribution < 1.29 is 4.79 Å². The zero-order chi connectivity index (χ0) is 18.5. The first-order valence-corrected chi connectivity index (χ1v) is 10.1. The smallest absolute Gasteiger partial charge is 0.225 e. The van der Waals surface area contributed by atoms with Gasteiger partial charge in [-0.1, -0.05) is 0 Å². The molecule has 2 aliphatic rings. The Labute approximate surface area is 160 Å². The lowest BCUT2D eigenvalue weighted by molar-refractivity contribution is -0.125. The molecule has 1 N–H and O–H groups in total. The van der Waals surface area contributed by atoms with Crippen LogP contribution in [0, 0.1) is 5.92 Å². The van der Waals surface area contributed by atoms with Crippen LogP contribution in [-0.4, -0.2) is 45.3 Å². The van der Waals surface area contributed by atoms with Gasteiger partial charge in [0.05, 0.1) is 0 Å². The predicted octanol–water partition coefficient (Wildman–Crippen LogP) is 1.97. The SMILES string of the molecule is O=C(NCCCn1cccn1)[C@H]1CCc2nc(N3CCCCC3)ncc2C1. The Kier molecular flexibility index (Phi) is 5.65. The number of aromatic nitrogens is 4. The topological polar surface area (TPSA) is 75.9 Å². The van der Waals surface area contributed by atoms with Crippen LogP contribution in [0.4, 0.5) is 5.95 Å². The van der Waals surface area contributed by atoms with Gasteiger partial charge in [0, 0.05) is 56.4 Å². The first kappa shape index (κ1) is 17.9. The molecule has 2 aromatic rings. The van der Waals surface area contributed by atoms with Crippen LogP contribution in [0.3, 0.4) is 0 Å². The lowest BCUT2D eigenvalue weighted by Gasteiger charge is -2.28. The van der Waals surface area contributed by atoms with Crippen molar-refractivity contribution in [3.63, 3.8) is 0 Å². The number of carbonyl (C=O) groups excluding carboxylic acids is 1. The van der Waals surface area contributed by atoms with Crippen molar-refractivity contribution in [3.8, 4) is 0 Å². The van der Waals surface area contributed by atoms with Gasteiger partial charge in [0.25, 0.3) is 0 Å². The fourth-order valence-corrected chi connectivity index (χ4v) is 4.00. The van der Waals surface area contributed by atoms with Crippen LogP contribution in [0.5, 0.6) is 0 Å². The van der Waals surface area contributed by atoms with Gasteiger partial charge in [-0.3, -0.25) is 9.48 Å². The summed E-state index contributed by atoms with van der Waals surface area (Å²) >= 11 is 0. The average molecular weight is 368 g/mol. The second-order valence-electron chi connectivity index (χ2n) is 7.54. The molecule has 7 nitrogen and oxygen atoms in total. The lowest BCUT2D eigenvalue weighted by atomic mass is 9.86. The maximum Gasteiger partial charge on any atom is 0.225 e. The van der Waals surface area contributed by atoms with Crippen molar-refractivity contribution in [2.24, 2.45) is 5.92 Å². The molecule has 1 atom stereocenters. The molecule has 1 saturated heterocycles. The summed E-state index contributed by atoms with van der Waals surface area (Å²) in [5, 5.41) is 7.25. The highest BCUT2D eigenvalue weighted by molar-refractivity contribution is 5.79. The van der Waals surface area contributed by atoms with E-state index in [0.717, 1.165) is 62.5 Å². The van der Waals surface area contributed by atoms with Gasteiger partial charge in [-0.05, 0) is 56.6 Å². The van der Waals surface area contributed by atoms with Gasteiger partial charge < -0.3 is 10.2 Å². The number of nitrogens with zero attached hydrogens (tertiary/aromatic N) is 5. The fraction of sp³-hybridized carbons (Fsp3) is 0.600. The number of anilines is 1. The maximum absolute atomic E-state index is 12.5. The third kappa shape index (κ3) is 4.46. The maximum atomic E-state index is 12.5. The van der Waals surface area contributed by atoms with Crippen LogP contribution in [0.15, 0.2) is 24.7 Å². The van der Waals surface area contributed by atoms with Crippen LogP contribution in [0.1, 0.15) is 43.4 Å². The Morgan fingerprint density at radius 1 is 1.26 bits per heavy atom. The van der Waals surface area contributed by atoms with Gasteiger partial charge in [0.2, 0.25) is 11.9 Å². The van der Waals surface area contributed by atoms with Crippen LogP contribution in [0.25, 0.3) is 0 Å². The van der Waals surface area contributed by atoms with E-state index in [1.54, 1.807) is 6.20 Å². The summed E-state index contributed by atoms with van der Waals surface area (Å²) in [4.78, 5) is 24.2. The average Bonchev–Trinajstić information content (AvgIpc) is 3.24. The minimum atomic E-state index is 0.0339. The zero-order valence-electron chi connectivity index (χ0n) is 15.8. The van der Waals surface area contributed by atoms with Crippen molar-refractivity contribution in [3.05, 3.63) is 35.9 Å². The van der Waals surface area contributed by atoms with Crippen molar-refractivity contribution >= 4 is 11.9 Å². The number of nitrogens with one attached hydrogen (secondary N) is 1. The molecule has 0 unspecified atom stereocenters. The molecule has 0 radical (unpaired) electrons. The molecule has 0 spiro atoms. The largest absolute Gasteiger partial charge is 0.356 e. The van der Waals surface area contributed by atoms with Crippen LogP contribution in [0.2, 0.25) is 0 Å². The third-order valence-electron chi connectivity index (χ3n) is 5.57. The zero-order valence-corrected chi connectivity index (χ0v) is 15.8. The summed E-state index contributed by atoms with van der Waals surface area (Å²) in [6.07, 6.45) is 12.8. The van der Waals surface area contributed by atoms with Crippen molar-refractivity contribution in [2.75, 3.05) is 24.5 Å². The molecule has 7 heteroatoms. The Morgan fingerprint density at radius 3 is 2.96 bits per heavy atom. The van der Waals surface area contributed by atoms with Gasteiger partial charge in [-0.25, -0.2) is 9.97 Å². The number of carbonyl (C=O) groups is 1. The molecule has 0 aromatic carbocycles. The molecule has 4 rings (SSSR count). The molecule has 0 bridgehead atoms. The normalized spacial score (nSPS) is 19.6. The molecule has 144 valence electrons. The van der Waals surface area contributed by atoms with E-state index in [2.05, 4.69) is 20.3 Å². The van der Waals surface area contributed by atoms with Crippen molar-refractivity contribution in [1.29, 1.82) is 0 Å². The van der Waals surface area contributed by atoms with E-state index in [-0.39, 0.29) is 11.8 Å². The van der Waals surface area contributed by atoms with Gasteiger partial charge in [-0.15, -0.1) is 0 Å². The Balaban J connectivity index is 1.28. The molecule has 1 fully saturated rings. The minimum Gasteiger partial charge on any atom is -0.356 e. The minimum absolute atomic E-state index is 0.0339. The number of rotatable bonds is 6. The van der Waals surface area contributed by atoms with E-state index in [1.807, 2.05) is 23.1 Å². The van der Waals surface area contributed by atoms with Crippen LogP contribution < -0.4 is 10.2 Å². The molecular formula is C20H28N6O. The first-order valence-electron chi connectivity index (χ1n) is 10.1. The van der Waals surface area contributed by atoms with E-state index < -0.39 is 0 Å².